The first-order chi connectivity index (χ1) is 8.56. The number of aryl methyl sites for hydroxylation is 1. The molecule has 0 aromatic heterocycles. The van der Waals surface area contributed by atoms with Crippen molar-refractivity contribution < 1.29 is 4.74 Å². The zero-order chi connectivity index (χ0) is 13.1. The fourth-order valence-corrected chi connectivity index (χ4v) is 2.76. The van der Waals surface area contributed by atoms with E-state index in [-0.39, 0.29) is 0 Å². The van der Waals surface area contributed by atoms with Crippen molar-refractivity contribution in [3.8, 4) is 5.75 Å². The molecule has 2 unspecified atom stereocenters. The second-order valence-electron chi connectivity index (χ2n) is 5.38. The van der Waals surface area contributed by atoms with Crippen LogP contribution < -0.4 is 10.5 Å². The van der Waals surface area contributed by atoms with Gasteiger partial charge in [-0.3, -0.25) is 0 Å². The van der Waals surface area contributed by atoms with Gasteiger partial charge < -0.3 is 10.5 Å². The predicted octanol–water partition coefficient (Wildman–Crippen LogP) is 3.59. The van der Waals surface area contributed by atoms with Gasteiger partial charge in [-0.1, -0.05) is 31.6 Å². The molecule has 1 aliphatic rings. The Labute approximate surface area is 115 Å². The van der Waals surface area contributed by atoms with E-state index in [9.17, 15) is 0 Å². The summed E-state index contributed by atoms with van der Waals surface area (Å²) in [6, 6.07) is 6.01. The van der Waals surface area contributed by atoms with Crippen LogP contribution in [0.3, 0.4) is 0 Å². The maximum atomic E-state index is 6.13. The number of ether oxygens (including phenoxy) is 1. The Morgan fingerprint density at radius 3 is 2.83 bits per heavy atom. The van der Waals surface area contributed by atoms with Crippen molar-refractivity contribution in [3.05, 3.63) is 29.3 Å². The summed E-state index contributed by atoms with van der Waals surface area (Å²) in [4.78, 5) is 0.411. The summed E-state index contributed by atoms with van der Waals surface area (Å²) in [6.45, 7) is 4.35. The van der Waals surface area contributed by atoms with Crippen LogP contribution in [0.4, 0.5) is 0 Å². The van der Waals surface area contributed by atoms with Gasteiger partial charge in [0.25, 0.3) is 0 Å². The second kappa shape index (κ2) is 5.70. The van der Waals surface area contributed by atoms with Crippen LogP contribution in [0.15, 0.2) is 18.2 Å². The smallest absolute Gasteiger partial charge is 0.130 e. The highest BCUT2D eigenvalue weighted by Gasteiger charge is 2.21. The molecule has 1 aromatic carbocycles. The zero-order valence-electron chi connectivity index (χ0n) is 11.1. The molecular weight excluding hydrogens is 242 g/mol. The molecule has 0 bridgehead atoms. The first kappa shape index (κ1) is 13.3. The van der Waals surface area contributed by atoms with Gasteiger partial charge in [-0.2, -0.15) is 0 Å². The number of thiocarbonyl (C=S) groups is 1. The molecule has 0 radical (unpaired) electrons. The molecule has 2 nitrogen and oxygen atoms in total. The van der Waals surface area contributed by atoms with Crippen LogP contribution in [-0.2, 0) is 0 Å². The third kappa shape index (κ3) is 3.22. The van der Waals surface area contributed by atoms with Crippen molar-refractivity contribution in [2.45, 2.75) is 45.6 Å². The SMILES string of the molecule is Cc1ccc(C(N)=S)c(OC2CCCC(C)C2)c1. The monoisotopic (exact) mass is 263 g/mol. The highest BCUT2D eigenvalue weighted by molar-refractivity contribution is 7.80. The Balaban J connectivity index is 2.16. The van der Waals surface area contributed by atoms with E-state index < -0.39 is 0 Å². The molecule has 1 saturated carbocycles. The van der Waals surface area contributed by atoms with Crippen molar-refractivity contribution in [2.24, 2.45) is 11.7 Å². The van der Waals surface area contributed by atoms with Gasteiger partial charge in [-0.25, -0.2) is 0 Å². The number of nitrogens with two attached hydrogens (primary N) is 1. The average Bonchev–Trinajstić information content (AvgIpc) is 2.28. The van der Waals surface area contributed by atoms with Crippen LogP contribution in [0.1, 0.15) is 43.7 Å². The summed E-state index contributed by atoms with van der Waals surface area (Å²) in [5, 5.41) is 0. The van der Waals surface area contributed by atoms with Gasteiger partial charge in [-0.15, -0.1) is 0 Å². The van der Waals surface area contributed by atoms with Gasteiger partial charge >= 0.3 is 0 Å². The van der Waals surface area contributed by atoms with Crippen molar-refractivity contribution in [3.63, 3.8) is 0 Å². The van der Waals surface area contributed by atoms with Crippen LogP contribution in [0.2, 0.25) is 0 Å². The summed E-state index contributed by atoms with van der Waals surface area (Å²) in [7, 11) is 0. The van der Waals surface area contributed by atoms with Crippen molar-refractivity contribution in [1.29, 1.82) is 0 Å². The Bertz CT molecular complexity index is 444. The Kier molecular flexibility index (Phi) is 4.23. The zero-order valence-corrected chi connectivity index (χ0v) is 11.9. The lowest BCUT2D eigenvalue weighted by molar-refractivity contribution is 0.129. The third-order valence-electron chi connectivity index (χ3n) is 3.58. The maximum Gasteiger partial charge on any atom is 0.130 e. The van der Waals surface area contributed by atoms with Gasteiger partial charge in [-0.05, 0) is 49.8 Å². The van der Waals surface area contributed by atoms with E-state index in [4.69, 9.17) is 22.7 Å². The van der Waals surface area contributed by atoms with E-state index in [1.807, 2.05) is 18.2 Å². The summed E-state index contributed by atoms with van der Waals surface area (Å²) >= 11 is 5.08. The summed E-state index contributed by atoms with van der Waals surface area (Å²) in [6.07, 6.45) is 5.14. The van der Waals surface area contributed by atoms with Crippen molar-refractivity contribution in [1.82, 2.24) is 0 Å². The maximum absolute atomic E-state index is 6.13. The first-order valence-electron chi connectivity index (χ1n) is 6.63. The highest BCUT2D eigenvalue weighted by atomic mass is 32.1. The quantitative estimate of drug-likeness (QED) is 0.846. The summed E-state index contributed by atoms with van der Waals surface area (Å²) < 4.78 is 6.13. The molecule has 0 spiro atoms. The fraction of sp³-hybridized carbons (Fsp3) is 0.533. The molecule has 3 heteroatoms. The fourth-order valence-electron chi connectivity index (χ4n) is 2.60. The van der Waals surface area contributed by atoms with E-state index in [2.05, 4.69) is 13.8 Å². The van der Waals surface area contributed by atoms with Crippen LogP contribution in [0, 0.1) is 12.8 Å². The third-order valence-corrected chi connectivity index (χ3v) is 3.80. The van der Waals surface area contributed by atoms with Gasteiger partial charge in [0.1, 0.15) is 10.7 Å². The largest absolute Gasteiger partial charge is 0.490 e. The van der Waals surface area contributed by atoms with E-state index >= 15 is 0 Å². The molecule has 2 atom stereocenters. The number of benzene rings is 1. The van der Waals surface area contributed by atoms with Crippen LogP contribution >= 0.6 is 12.2 Å². The molecule has 2 N–H and O–H groups in total. The first-order valence-corrected chi connectivity index (χ1v) is 7.04. The van der Waals surface area contributed by atoms with E-state index in [0.29, 0.717) is 11.1 Å². The molecule has 0 amide bonds. The van der Waals surface area contributed by atoms with Crippen LogP contribution in [0.5, 0.6) is 5.75 Å². The summed E-state index contributed by atoms with van der Waals surface area (Å²) in [5.74, 6) is 1.60. The molecule has 1 aliphatic carbocycles. The van der Waals surface area contributed by atoms with Gasteiger partial charge in [0.2, 0.25) is 0 Å². The molecule has 18 heavy (non-hydrogen) atoms. The highest BCUT2D eigenvalue weighted by Crippen LogP contribution is 2.29. The lowest BCUT2D eigenvalue weighted by atomic mass is 9.88. The lowest BCUT2D eigenvalue weighted by Crippen LogP contribution is -2.25. The van der Waals surface area contributed by atoms with Crippen molar-refractivity contribution >= 4 is 17.2 Å². The molecule has 0 aliphatic heterocycles. The van der Waals surface area contributed by atoms with Crippen LogP contribution in [0.25, 0.3) is 0 Å². The molecular formula is C15H21NOS. The van der Waals surface area contributed by atoms with Gasteiger partial charge in [0.05, 0.1) is 11.7 Å². The van der Waals surface area contributed by atoms with E-state index in [0.717, 1.165) is 30.1 Å². The minimum absolute atomic E-state index is 0.309. The van der Waals surface area contributed by atoms with Gasteiger partial charge in [0.15, 0.2) is 0 Å². The minimum atomic E-state index is 0.309. The normalized spacial score (nSPS) is 23.7. The minimum Gasteiger partial charge on any atom is -0.490 e. The summed E-state index contributed by atoms with van der Waals surface area (Å²) in [5.41, 5.74) is 7.78. The van der Waals surface area contributed by atoms with Gasteiger partial charge in [0, 0.05) is 0 Å². The standard InChI is InChI=1S/C15H21NOS/c1-10-4-3-5-12(8-10)17-14-9-11(2)6-7-13(14)15(16)18/h6-7,9-10,12H,3-5,8H2,1-2H3,(H2,16,18). The average molecular weight is 263 g/mol. The number of hydrogen-bond donors (Lipinski definition) is 1. The molecule has 1 fully saturated rings. The molecule has 2 rings (SSSR count). The Hall–Kier alpha value is -1.09. The molecule has 0 saturated heterocycles. The number of hydrogen-bond acceptors (Lipinski definition) is 2. The van der Waals surface area contributed by atoms with E-state index in [1.54, 1.807) is 0 Å². The lowest BCUT2D eigenvalue weighted by Gasteiger charge is -2.28. The second-order valence-corrected chi connectivity index (χ2v) is 5.82. The Morgan fingerprint density at radius 2 is 2.17 bits per heavy atom. The molecule has 0 heterocycles. The topological polar surface area (TPSA) is 35.2 Å². The molecule has 1 aromatic rings. The number of rotatable bonds is 3. The van der Waals surface area contributed by atoms with E-state index in [1.165, 1.54) is 18.4 Å². The Morgan fingerprint density at radius 1 is 1.39 bits per heavy atom. The molecule has 98 valence electrons. The van der Waals surface area contributed by atoms with Crippen molar-refractivity contribution in [2.75, 3.05) is 0 Å². The predicted molar refractivity (Wildman–Crippen MR) is 79.1 cm³/mol. The van der Waals surface area contributed by atoms with Crippen LogP contribution in [-0.4, -0.2) is 11.1 Å².